The van der Waals surface area contributed by atoms with E-state index in [9.17, 15) is 13.2 Å². The molecular formula is C14H13F3N6S. The van der Waals surface area contributed by atoms with E-state index in [-0.39, 0.29) is 11.3 Å². The smallest absolute Gasteiger partial charge is 0.308 e. The van der Waals surface area contributed by atoms with Crippen molar-refractivity contribution >= 4 is 23.4 Å². The number of alkyl halides is 3. The summed E-state index contributed by atoms with van der Waals surface area (Å²) in [6.07, 6.45) is -4.39. The largest absolute Gasteiger partial charge is 0.416 e. The summed E-state index contributed by atoms with van der Waals surface area (Å²) in [6, 6.07) is 7.14. The van der Waals surface area contributed by atoms with Crippen molar-refractivity contribution in [3.8, 4) is 0 Å². The Morgan fingerprint density at radius 1 is 1.25 bits per heavy atom. The molecule has 0 aliphatic heterocycles. The molecule has 0 aliphatic carbocycles. The Kier molecular flexibility index (Phi) is 4.33. The molecule has 0 fully saturated rings. The number of rotatable bonds is 4. The van der Waals surface area contributed by atoms with Gasteiger partial charge in [-0.3, -0.25) is 0 Å². The van der Waals surface area contributed by atoms with Gasteiger partial charge in [-0.05, 0) is 18.6 Å². The van der Waals surface area contributed by atoms with Crippen molar-refractivity contribution in [3.05, 3.63) is 47.2 Å². The highest BCUT2D eigenvalue weighted by atomic mass is 32.2. The van der Waals surface area contributed by atoms with Crippen LogP contribution in [-0.2, 0) is 11.9 Å². The van der Waals surface area contributed by atoms with E-state index in [0.29, 0.717) is 22.4 Å². The van der Waals surface area contributed by atoms with Crippen LogP contribution in [0.4, 0.5) is 19.0 Å². The Morgan fingerprint density at radius 3 is 2.71 bits per heavy atom. The van der Waals surface area contributed by atoms with Gasteiger partial charge in [0, 0.05) is 17.5 Å². The van der Waals surface area contributed by atoms with Crippen LogP contribution < -0.4 is 11.3 Å². The minimum atomic E-state index is -4.39. The number of hydrogen-bond donors (Lipinski definition) is 2. The fourth-order valence-corrected chi connectivity index (χ4v) is 3.02. The Bertz CT molecular complexity index is 877. The summed E-state index contributed by atoms with van der Waals surface area (Å²) in [4.78, 5) is 8.43. The number of nitrogens with zero attached hydrogens (tertiary/aromatic N) is 4. The van der Waals surface area contributed by atoms with Crippen LogP contribution in [0, 0.1) is 6.92 Å². The maximum absolute atomic E-state index is 13.0. The van der Waals surface area contributed by atoms with Gasteiger partial charge in [0.25, 0.3) is 5.78 Å². The van der Waals surface area contributed by atoms with Crippen LogP contribution >= 0.6 is 11.8 Å². The Balaban J connectivity index is 1.87. The molecule has 10 heteroatoms. The minimum absolute atomic E-state index is 0.0942. The molecular weight excluding hydrogens is 341 g/mol. The summed E-state index contributed by atoms with van der Waals surface area (Å²) >= 11 is 1.10. The van der Waals surface area contributed by atoms with Gasteiger partial charge in [0.2, 0.25) is 5.16 Å². The molecule has 2 aromatic heterocycles. The molecule has 0 saturated carbocycles. The van der Waals surface area contributed by atoms with Gasteiger partial charge in [-0.25, -0.2) is 10.8 Å². The van der Waals surface area contributed by atoms with Crippen molar-refractivity contribution in [2.24, 2.45) is 5.84 Å². The van der Waals surface area contributed by atoms with Gasteiger partial charge in [0.05, 0.1) is 5.56 Å². The molecule has 3 N–H and O–H groups in total. The monoisotopic (exact) mass is 354 g/mol. The van der Waals surface area contributed by atoms with E-state index in [4.69, 9.17) is 5.84 Å². The van der Waals surface area contributed by atoms with Crippen LogP contribution in [0.15, 0.2) is 35.5 Å². The van der Waals surface area contributed by atoms with Crippen LogP contribution in [-0.4, -0.2) is 19.6 Å². The molecule has 3 rings (SSSR count). The second-order valence-electron chi connectivity index (χ2n) is 4.98. The number of benzene rings is 1. The highest BCUT2D eigenvalue weighted by molar-refractivity contribution is 7.98. The van der Waals surface area contributed by atoms with E-state index >= 15 is 0 Å². The molecule has 0 atom stereocenters. The summed E-state index contributed by atoms with van der Waals surface area (Å²) in [5, 5.41) is 4.53. The number of nitrogen functional groups attached to an aromatic ring is 1. The van der Waals surface area contributed by atoms with E-state index in [1.54, 1.807) is 19.1 Å². The van der Waals surface area contributed by atoms with Crippen LogP contribution in [0.1, 0.15) is 16.8 Å². The Morgan fingerprint density at radius 2 is 2.00 bits per heavy atom. The van der Waals surface area contributed by atoms with Crippen LogP contribution in [0.2, 0.25) is 0 Å². The standard InChI is InChI=1S/C14H13F3N6S/c1-8-6-11(21-18)23-12(19-8)20-13(22-23)24-7-9-4-2-3-5-10(9)14(15,16)17/h2-6,21H,7,18H2,1H3. The summed E-state index contributed by atoms with van der Waals surface area (Å²) in [5.74, 6) is 6.34. The van der Waals surface area contributed by atoms with Gasteiger partial charge >= 0.3 is 6.18 Å². The Labute approximate surface area is 139 Å². The van der Waals surface area contributed by atoms with E-state index in [1.807, 2.05) is 0 Å². The van der Waals surface area contributed by atoms with Crippen molar-refractivity contribution in [1.29, 1.82) is 0 Å². The fraction of sp³-hybridized carbons (Fsp3) is 0.214. The zero-order chi connectivity index (χ0) is 17.3. The molecule has 2 heterocycles. The number of anilines is 1. The van der Waals surface area contributed by atoms with E-state index in [2.05, 4.69) is 20.5 Å². The predicted octanol–water partition coefficient (Wildman–Crippen LogP) is 3.03. The lowest BCUT2D eigenvalue weighted by molar-refractivity contribution is -0.138. The number of hydrazine groups is 1. The van der Waals surface area contributed by atoms with E-state index in [0.717, 1.165) is 17.8 Å². The van der Waals surface area contributed by atoms with Crippen molar-refractivity contribution in [2.45, 2.75) is 24.0 Å². The summed E-state index contributed by atoms with van der Waals surface area (Å²) in [6.45, 7) is 1.78. The zero-order valence-corrected chi connectivity index (χ0v) is 13.3. The average molecular weight is 354 g/mol. The van der Waals surface area contributed by atoms with Gasteiger partial charge < -0.3 is 5.43 Å². The molecule has 0 aliphatic rings. The van der Waals surface area contributed by atoms with Gasteiger partial charge in [-0.15, -0.1) is 5.10 Å². The number of halogens is 3. The van der Waals surface area contributed by atoms with E-state index < -0.39 is 11.7 Å². The molecule has 6 nitrogen and oxygen atoms in total. The number of aryl methyl sites for hydroxylation is 1. The summed E-state index contributed by atoms with van der Waals surface area (Å²) in [5.41, 5.74) is 2.71. The molecule has 0 bridgehead atoms. The lowest BCUT2D eigenvalue weighted by Gasteiger charge is -2.11. The first-order chi connectivity index (χ1) is 11.4. The normalized spacial score (nSPS) is 11.9. The van der Waals surface area contributed by atoms with Crippen LogP contribution in [0.3, 0.4) is 0 Å². The Hall–Kier alpha value is -2.33. The first-order valence-corrected chi connectivity index (χ1v) is 7.86. The summed E-state index contributed by atoms with van der Waals surface area (Å²) in [7, 11) is 0. The highest BCUT2D eigenvalue weighted by Gasteiger charge is 2.32. The lowest BCUT2D eigenvalue weighted by atomic mass is 10.1. The average Bonchev–Trinajstić information content (AvgIpc) is 2.94. The minimum Gasteiger partial charge on any atom is -0.308 e. The molecule has 0 unspecified atom stereocenters. The van der Waals surface area contributed by atoms with Crippen molar-refractivity contribution in [1.82, 2.24) is 19.6 Å². The molecule has 3 aromatic rings. The molecule has 0 amide bonds. The third kappa shape index (κ3) is 3.29. The van der Waals surface area contributed by atoms with Gasteiger partial charge in [-0.2, -0.15) is 22.7 Å². The SMILES string of the molecule is Cc1cc(NN)n2nc(SCc3ccccc3C(F)(F)F)nc2n1. The molecule has 0 spiro atoms. The number of thioether (sulfide) groups is 1. The van der Waals surface area contributed by atoms with E-state index in [1.165, 1.54) is 16.6 Å². The maximum Gasteiger partial charge on any atom is 0.416 e. The van der Waals surface area contributed by atoms with Crippen molar-refractivity contribution in [2.75, 3.05) is 5.43 Å². The quantitative estimate of drug-likeness (QED) is 0.426. The second kappa shape index (κ2) is 6.29. The van der Waals surface area contributed by atoms with Crippen molar-refractivity contribution < 1.29 is 13.2 Å². The van der Waals surface area contributed by atoms with Crippen LogP contribution in [0.5, 0.6) is 0 Å². The number of nitrogens with one attached hydrogen (secondary N) is 1. The number of nitrogens with two attached hydrogens (primary N) is 1. The number of hydrogen-bond acceptors (Lipinski definition) is 6. The van der Waals surface area contributed by atoms with Gasteiger partial charge in [0.15, 0.2) is 0 Å². The first kappa shape index (κ1) is 16.5. The highest BCUT2D eigenvalue weighted by Crippen LogP contribution is 2.34. The fourth-order valence-electron chi connectivity index (χ4n) is 2.20. The first-order valence-electron chi connectivity index (χ1n) is 6.87. The van der Waals surface area contributed by atoms with Crippen LogP contribution in [0.25, 0.3) is 5.78 Å². The van der Waals surface area contributed by atoms with Gasteiger partial charge in [0.1, 0.15) is 5.82 Å². The molecule has 1 aromatic carbocycles. The molecule has 126 valence electrons. The number of fused-ring (bicyclic) bond motifs is 1. The lowest BCUT2D eigenvalue weighted by Crippen LogP contribution is -2.12. The zero-order valence-electron chi connectivity index (χ0n) is 12.5. The van der Waals surface area contributed by atoms with Gasteiger partial charge in [-0.1, -0.05) is 30.0 Å². The molecule has 0 saturated heterocycles. The predicted molar refractivity (Wildman–Crippen MR) is 84.3 cm³/mol. The maximum atomic E-state index is 13.0. The van der Waals surface area contributed by atoms with Crippen molar-refractivity contribution in [3.63, 3.8) is 0 Å². The summed E-state index contributed by atoms with van der Waals surface area (Å²) < 4.78 is 40.4. The second-order valence-corrected chi connectivity index (χ2v) is 5.92. The third-order valence-corrected chi connectivity index (χ3v) is 4.13. The number of aromatic nitrogens is 4. The molecule has 0 radical (unpaired) electrons. The third-order valence-electron chi connectivity index (χ3n) is 3.25. The molecule has 24 heavy (non-hydrogen) atoms. The topological polar surface area (TPSA) is 81.1 Å².